The molecule has 0 bridgehead atoms. The van der Waals surface area contributed by atoms with Crippen molar-refractivity contribution in [3.63, 3.8) is 0 Å². The van der Waals surface area contributed by atoms with Crippen molar-refractivity contribution in [3.8, 4) is 0 Å². The van der Waals surface area contributed by atoms with Gasteiger partial charge in [-0.1, -0.05) is 25.4 Å². The predicted octanol–water partition coefficient (Wildman–Crippen LogP) is 3.70. The number of aryl methyl sites for hydroxylation is 1. The number of carbonyl (C=O) groups is 1. The van der Waals surface area contributed by atoms with E-state index in [-0.39, 0.29) is 6.03 Å². The van der Waals surface area contributed by atoms with Crippen molar-refractivity contribution in [2.24, 2.45) is 11.8 Å². The van der Waals surface area contributed by atoms with Gasteiger partial charge in [-0.15, -0.1) is 0 Å². The highest BCUT2D eigenvalue weighted by Crippen LogP contribution is 2.28. The molecule has 0 radical (unpaired) electrons. The van der Waals surface area contributed by atoms with Crippen LogP contribution in [0.2, 0.25) is 5.02 Å². The van der Waals surface area contributed by atoms with Crippen molar-refractivity contribution in [1.29, 1.82) is 0 Å². The molecule has 2 amide bonds. The molecule has 1 heterocycles. The number of likely N-dealkylation sites (tertiary alicyclic amines) is 1. The molecular formula is C17H26ClN3O. The highest BCUT2D eigenvalue weighted by atomic mass is 35.5. The maximum absolute atomic E-state index is 12.6. The topological polar surface area (TPSA) is 35.6 Å². The minimum absolute atomic E-state index is 0.0274. The van der Waals surface area contributed by atoms with Crippen LogP contribution in [0.4, 0.5) is 10.5 Å². The summed E-state index contributed by atoms with van der Waals surface area (Å²) in [5, 5.41) is 3.69. The second kappa shape index (κ2) is 6.88. The Kier molecular flexibility index (Phi) is 5.35. The van der Waals surface area contributed by atoms with Crippen LogP contribution < -0.4 is 5.32 Å². The van der Waals surface area contributed by atoms with Gasteiger partial charge in [0.15, 0.2) is 0 Å². The van der Waals surface area contributed by atoms with Crippen molar-refractivity contribution in [2.45, 2.75) is 26.8 Å². The van der Waals surface area contributed by atoms with Gasteiger partial charge in [0.1, 0.15) is 0 Å². The minimum Gasteiger partial charge on any atom is -0.323 e. The monoisotopic (exact) mass is 323 g/mol. The van der Waals surface area contributed by atoms with Gasteiger partial charge in [0.25, 0.3) is 0 Å². The summed E-state index contributed by atoms with van der Waals surface area (Å²) >= 11 is 5.96. The van der Waals surface area contributed by atoms with Crippen molar-refractivity contribution >= 4 is 23.3 Å². The molecule has 1 aliphatic heterocycles. The fourth-order valence-corrected chi connectivity index (χ4v) is 3.37. The predicted molar refractivity (Wildman–Crippen MR) is 92.6 cm³/mol. The number of urea groups is 1. The molecule has 1 saturated heterocycles. The Labute approximate surface area is 138 Å². The number of likely N-dealkylation sites (N-methyl/N-ethyl adjacent to an activating group) is 1. The first-order chi connectivity index (χ1) is 10.3. The molecule has 5 heteroatoms. The van der Waals surface area contributed by atoms with Gasteiger partial charge in [-0.3, -0.25) is 0 Å². The first-order valence-corrected chi connectivity index (χ1v) is 8.16. The van der Waals surface area contributed by atoms with Crippen LogP contribution in [0.25, 0.3) is 0 Å². The smallest absolute Gasteiger partial charge is 0.321 e. The van der Waals surface area contributed by atoms with Crippen LogP contribution in [0, 0.1) is 18.8 Å². The minimum atomic E-state index is -0.0274. The van der Waals surface area contributed by atoms with E-state index in [0.717, 1.165) is 24.3 Å². The molecule has 2 rings (SSSR count). The standard InChI is InChI=1S/C17H26ClN3O/c1-11(2)14-9-21(10-16(14)20(4)5)17(22)19-15-7-6-13(18)8-12(15)3/h6-8,11,14,16H,9-10H2,1-5H3,(H,19,22)/t14-,16+/m0/s1. The zero-order valence-electron chi connectivity index (χ0n) is 14.1. The number of anilines is 1. The van der Waals surface area contributed by atoms with Crippen LogP contribution in [0.1, 0.15) is 19.4 Å². The van der Waals surface area contributed by atoms with E-state index in [1.54, 1.807) is 6.07 Å². The number of nitrogens with zero attached hydrogens (tertiary/aromatic N) is 2. The SMILES string of the molecule is Cc1cc(Cl)ccc1NC(=O)N1C[C@@H](N(C)C)[C@H](C(C)C)C1. The molecule has 22 heavy (non-hydrogen) atoms. The number of halogens is 1. The quantitative estimate of drug-likeness (QED) is 0.920. The van der Waals surface area contributed by atoms with E-state index in [4.69, 9.17) is 11.6 Å². The van der Waals surface area contributed by atoms with Gasteiger partial charge in [0.2, 0.25) is 0 Å². The molecule has 0 aromatic heterocycles. The fourth-order valence-electron chi connectivity index (χ4n) is 3.14. The molecular weight excluding hydrogens is 298 g/mol. The number of rotatable bonds is 3. The van der Waals surface area contributed by atoms with Crippen LogP contribution >= 0.6 is 11.6 Å². The van der Waals surface area contributed by atoms with Crippen LogP contribution in [-0.2, 0) is 0 Å². The highest BCUT2D eigenvalue weighted by molar-refractivity contribution is 6.30. The first-order valence-electron chi connectivity index (χ1n) is 7.78. The maximum Gasteiger partial charge on any atom is 0.321 e. The Bertz CT molecular complexity index is 529. The van der Waals surface area contributed by atoms with E-state index in [1.807, 2.05) is 24.0 Å². The third kappa shape index (κ3) is 3.73. The summed E-state index contributed by atoms with van der Waals surface area (Å²) in [5.41, 5.74) is 1.80. The lowest BCUT2D eigenvalue weighted by Crippen LogP contribution is -2.38. The van der Waals surface area contributed by atoms with E-state index in [1.165, 1.54) is 0 Å². The van der Waals surface area contributed by atoms with Gasteiger partial charge in [0.05, 0.1) is 0 Å². The number of carbonyl (C=O) groups excluding carboxylic acids is 1. The second-order valence-electron chi connectivity index (χ2n) is 6.73. The molecule has 4 nitrogen and oxygen atoms in total. The van der Waals surface area contributed by atoms with Crippen molar-refractivity contribution < 1.29 is 4.79 Å². The lowest BCUT2D eigenvalue weighted by atomic mass is 9.91. The highest BCUT2D eigenvalue weighted by Gasteiger charge is 2.38. The zero-order valence-corrected chi connectivity index (χ0v) is 14.8. The number of amides is 2. The summed E-state index contributed by atoms with van der Waals surface area (Å²) < 4.78 is 0. The molecule has 1 fully saturated rings. The van der Waals surface area contributed by atoms with Crippen LogP contribution in [0.15, 0.2) is 18.2 Å². The third-order valence-corrected chi connectivity index (χ3v) is 4.80. The molecule has 1 aromatic rings. The number of benzene rings is 1. The van der Waals surface area contributed by atoms with Gasteiger partial charge in [-0.2, -0.15) is 0 Å². The van der Waals surface area contributed by atoms with Crippen LogP contribution in [0.5, 0.6) is 0 Å². The van der Waals surface area contributed by atoms with Gasteiger partial charge in [0, 0.05) is 29.8 Å². The van der Waals surface area contributed by atoms with E-state index < -0.39 is 0 Å². The van der Waals surface area contributed by atoms with Crippen LogP contribution in [-0.4, -0.2) is 49.1 Å². The summed E-state index contributed by atoms with van der Waals surface area (Å²) in [7, 11) is 4.18. The lowest BCUT2D eigenvalue weighted by molar-refractivity contribution is 0.213. The van der Waals surface area contributed by atoms with Crippen molar-refractivity contribution in [3.05, 3.63) is 28.8 Å². The molecule has 1 aromatic carbocycles. The zero-order chi connectivity index (χ0) is 16.4. The Hall–Kier alpha value is -1.26. The molecule has 1 aliphatic rings. The van der Waals surface area contributed by atoms with Gasteiger partial charge >= 0.3 is 6.03 Å². The van der Waals surface area contributed by atoms with Crippen molar-refractivity contribution in [2.75, 3.05) is 32.5 Å². The number of nitrogens with one attached hydrogen (secondary N) is 1. The summed E-state index contributed by atoms with van der Waals surface area (Å²) in [4.78, 5) is 16.7. The normalized spacial score (nSPS) is 21.7. The lowest BCUT2D eigenvalue weighted by Gasteiger charge is -2.27. The molecule has 1 N–H and O–H groups in total. The molecule has 0 unspecified atom stereocenters. The van der Waals surface area contributed by atoms with Gasteiger partial charge in [-0.05, 0) is 56.6 Å². The summed E-state index contributed by atoms with van der Waals surface area (Å²) in [6, 6.07) is 5.90. The average Bonchev–Trinajstić information content (AvgIpc) is 2.87. The van der Waals surface area contributed by atoms with Crippen molar-refractivity contribution in [1.82, 2.24) is 9.80 Å². The van der Waals surface area contributed by atoms with Gasteiger partial charge < -0.3 is 15.1 Å². The first kappa shape index (κ1) is 17.1. The Morgan fingerprint density at radius 1 is 1.36 bits per heavy atom. The second-order valence-corrected chi connectivity index (χ2v) is 7.17. The molecule has 0 aliphatic carbocycles. The largest absolute Gasteiger partial charge is 0.323 e. The average molecular weight is 324 g/mol. The Morgan fingerprint density at radius 3 is 2.55 bits per heavy atom. The molecule has 0 saturated carbocycles. The van der Waals surface area contributed by atoms with Crippen LogP contribution in [0.3, 0.4) is 0 Å². The fraction of sp³-hybridized carbons (Fsp3) is 0.588. The molecule has 122 valence electrons. The summed E-state index contributed by atoms with van der Waals surface area (Å²) in [6.07, 6.45) is 0. The molecule has 0 spiro atoms. The summed E-state index contributed by atoms with van der Waals surface area (Å²) in [6.45, 7) is 7.98. The van der Waals surface area contributed by atoms with E-state index in [0.29, 0.717) is 22.9 Å². The van der Waals surface area contributed by atoms with Gasteiger partial charge in [-0.25, -0.2) is 4.79 Å². The van der Waals surface area contributed by atoms with E-state index >= 15 is 0 Å². The maximum atomic E-state index is 12.6. The third-order valence-electron chi connectivity index (χ3n) is 4.57. The summed E-state index contributed by atoms with van der Waals surface area (Å²) in [5.74, 6) is 1.06. The molecule has 2 atom stereocenters. The van der Waals surface area contributed by atoms with E-state index in [2.05, 4.69) is 38.2 Å². The number of hydrogen-bond acceptors (Lipinski definition) is 2. The Morgan fingerprint density at radius 2 is 2.05 bits per heavy atom. The number of hydrogen-bond donors (Lipinski definition) is 1. The Balaban J connectivity index is 2.07. The van der Waals surface area contributed by atoms with E-state index in [9.17, 15) is 4.79 Å².